The number of fused-ring (bicyclic) bond motifs is 3. The maximum atomic E-state index is 12.8. The van der Waals surface area contributed by atoms with E-state index in [-0.39, 0.29) is 40.9 Å². The van der Waals surface area contributed by atoms with Gasteiger partial charge in [0, 0.05) is 5.56 Å². The molecule has 1 saturated heterocycles. The Morgan fingerprint density at radius 2 is 1.64 bits per heavy atom. The molecule has 3 aliphatic carbocycles. The van der Waals surface area contributed by atoms with Crippen LogP contribution < -0.4 is 10.2 Å². The minimum Gasteiger partial charge on any atom is -0.497 e. The minimum absolute atomic E-state index is 0.154. The molecule has 6 heteroatoms. The van der Waals surface area contributed by atoms with E-state index in [0.717, 1.165) is 17.9 Å². The Morgan fingerprint density at radius 1 is 1.08 bits per heavy atom. The highest BCUT2D eigenvalue weighted by atomic mass is 16.5. The van der Waals surface area contributed by atoms with Gasteiger partial charge in [0.15, 0.2) is 0 Å². The average Bonchev–Trinajstić information content (AvgIpc) is 3.24. The molecule has 3 fully saturated rings. The van der Waals surface area contributed by atoms with Crippen LogP contribution >= 0.6 is 0 Å². The first-order valence-electron chi connectivity index (χ1n) is 8.58. The molecular weight excluding hydrogens is 320 g/mol. The van der Waals surface area contributed by atoms with Crippen LogP contribution in [0, 0.1) is 29.1 Å². The third-order valence-corrected chi connectivity index (χ3v) is 6.42. The Labute approximate surface area is 144 Å². The molecule has 3 amide bonds. The van der Waals surface area contributed by atoms with Crippen LogP contribution in [0.1, 0.15) is 23.2 Å². The van der Waals surface area contributed by atoms with E-state index in [2.05, 4.69) is 17.6 Å². The third kappa shape index (κ3) is 1.77. The van der Waals surface area contributed by atoms with E-state index in [0.29, 0.717) is 11.3 Å². The first-order valence-corrected chi connectivity index (χ1v) is 8.58. The van der Waals surface area contributed by atoms with Crippen molar-refractivity contribution < 1.29 is 19.1 Å². The van der Waals surface area contributed by atoms with Crippen molar-refractivity contribution in [1.29, 1.82) is 0 Å². The summed E-state index contributed by atoms with van der Waals surface area (Å²) in [6.07, 6.45) is 6.42. The zero-order valence-corrected chi connectivity index (χ0v) is 13.8. The fourth-order valence-electron chi connectivity index (χ4n) is 5.10. The van der Waals surface area contributed by atoms with E-state index in [4.69, 9.17) is 4.74 Å². The molecule has 1 aromatic carbocycles. The summed E-state index contributed by atoms with van der Waals surface area (Å²) in [7, 11) is 1.55. The van der Waals surface area contributed by atoms with Crippen molar-refractivity contribution in [1.82, 2.24) is 10.4 Å². The minimum atomic E-state index is -0.467. The van der Waals surface area contributed by atoms with Crippen LogP contribution in [0.5, 0.6) is 5.75 Å². The second-order valence-electron chi connectivity index (χ2n) is 7.40. The molecule has 0 radical (unpaired) electrons. The van der Waals surface area contributed by atoms with Gasteiger partial charge in [0.2, 0.25) is 0 Å². The van der Waals surface area contributed by atoms with Crippen LogP contribution in [-0.2, 0) is 9.59 Å². The predicted molar refractivity (Wildman–Crippen MR) is 87.1 cm³/mol. The van der Waals surface area contributed by atoms with E-state index >= 15 is 0 Å². The number of nitrogens with zero attached hydrogens (tertiary/aromatic N) is 1. The number of rotatable bonds is 3. The van der Waals surface area contributed by atoms with Gasteiger partial charge in [0.25, 0.3) is 17.7 Å². The number of ether oxygens (including phenoxy) is 1. The van der Waals surface area contributed by atoms with Gasteiger partial charge in [-0.15, -0.1) is 0 Å². The molecule has 2 saturated carbocycles. The van der Waals surface area contributed by atoms with Gasteiger partial charge in [-0.05, 0) is 54.4 Å². The maximum Gasteiger partial charge on any atom is 0.270 e. The Balaban J connectivity index is 1.37. The van der Waals surface area contributed by atoms with Gasteiger partial charge in [-0.2, -0.15) is 5.01 Å². The lowest BCUT2D eigenvalue weighted by atomic mass is 9.85. The van der Waals surface area contributed by atoms with Crippen LogP contribution in [0.3, 0.4) is 0 Å². The standard InChI is InChI=1S/C19H18N2O4/c1-25-11-4-2-10(3-5-11)16(22)20-21-17(23)14-12-6-7-13(15(14)18(21)24)19(12)8-9-19/h2-7,12-15H,8-9H2,1H3,(H,20,22)/t12-,13-,14-,15-/m0/s1. The normalized spacial score (nSPS) is 33.1. The Morgan fingerprint density at radius 3 is 2.12 bits per heavy atom. The highest BCUT2D eigenvalue weighted by Crippen LogP contribution is 2.73. The highest BCUT2D eigenvalue weighted by molar-refractivity contribution is 6.09. The third-order valence-electron chi connectivity index (χ3n) is 6.42. The van der Waals surface area contributed by atoms with Crippen molar-refractivity contribution in [2.45, 2.75) is 12.8 Å². The average molecular weight is 338 g/mol. The molecule has 5 rings (SSSR count). The van der Waals surface area contributed by atoms with Crippen molar-refractivity contribution in [3.63, 3.8) is 0 Å². The number of benzene rings is 1. The molecule has 1 aliphatic heterocycles. The van der Waals surface area contributed by atoms with Gasteiger partial charge >= 0.3 is 0 Å². The summed E-state index contributed by atoms with van der Waals surface area (Å²) in [5.41, 5.74) is 3.04. The Kier molecular flexibility index (Phi) is 2.77. The summed E-state index contributed by atoms with van der Waals surface area (Å²) in [6, 6.07) is 6.53. The number of hydrazine groups is 1. The molecule has 2 bridgehead atoms. The first kappa shape index (κ1) is 14.7. The number of hydrogen-bond donors (Lipinski definition) is 1. The molecule has 0 aromatic heterocycles. The van der Waals surface area contributed by atoms with Gasteiger partial charge in [0.1, 0.15) is 5.75 Å². The lowest BCUT2D eigenvalue weighted by molar-refractivity contribution is -0.144. The monoisotopic (exact) mass is 338 g/mol. The fourth-order valence-corrected chi connectivity index (χ4v) is 5.10. The van der Waals surface area contributed by atoms with Crippen molar-refractivity contribution in [3.05, 3.63) is 42.0 Å². The molecule has 1 N–H and O–H groups in total. The number of carbonyl (C=O) groups excluding carboxylic acids is 3. The Bertz CT molecular complexity index is 790. The lowest BCUT2D eigenvalue weighted by Crippen LogP contribution is -2.47. The lowest BCUT2D eigenvalue weighted by Gasteiger charge is -2.22. The van der Waals surface area contributed by atoms with Gasteiger partial charge in [-0.3, -0.25) is 19.8 Å². The van der Waals surface area contributed by atoms with Crippen molar-refractivity contribution >= 4 is 17.7 Å². The van der Waals surface area contributed by atoms with E-state index in [1.807, 2.05) is 0 Å². The zero-order valence-electron chi connectivity index (χ0n) is 13.8. The van der Waals surface area contributed by atoms with E-state index in [9.17, 15) is 14.4 Å². The van der Waals surface area contributed by atoms with Crippen LogP contribution in [0.25, 0.3) is 0 Å². The number of amides is 3. The first-order chi connectivity index (χ1) is 12.1. The summed E-state index contributed by atoms with van der Waals surface area (Å²) < 4.78 is 5.07. The highest BCUT2D eigenvalue weighted by Gasteiger charge is 2.73. The SMILES string of the molecule is COc1ccc(C(=O)NN2C(=O)[C@@H]3[C@@H](C2=O)[C@@H]2C=C[C@@H]3C23CC3)cc1. The largest absolute Gasteiger partial charge is 0.497 e. The van der Waals surface area contributed by atoms with E-state index in [1.165, 1.54) is 0 Å². The maximum absolute atomic E-state index is 12.8. The number of nitrogens with one attached hydrogen (secondary N) is 1. The molecule has 0 unspecified atom stereocenters. The molecule has 4 atom stereocenters. The molecule has 25 heavy (non-hydrogen) atoms. The van der Waals surface area contributed by atoms with Crippen LogP contribution in [-0.4, -0.2) is 29.8 Å². The summed E-state index contributed by atoms with van der Waals surface area (Å²) in [5.74, 6) is -0.659. The van der Waals surface area contributed by atoms with Crippen LogP contribution in [0.15, 0.2) is 36.4 Å². The molecule has 1 heterocycles. The second-order valence-corrected chi connectivity index (χ2v) is 7.40. The van der Waals surface area contributed by atoms with Gasteiger partial charge in [-0.1, -0.05) is 12.2 Å². The van der Waals surface area contributed by atoms with Crippen molar-refractivity contribution in [3.8, 4) is 5.75 Å². The predicted octanol–water partition coefficient (Wildman–Crippen LogP) is 1.54. The van der Waals surface area contributed by atoms with Crippen LogP contribution in [0.2, 0.25) is 0 Å². The molecule has 4 aliphatic rings. The van der Waals surface area contributed by atoms with Gasteiger partial charge in [-0.25, -0.2) is 0 Å². The number of imide groups is 1. The molecule has 6 nitrogen and oxygen atoms in total. The smallest absolute Gasteiger partial charge is 0.270 e. The van der Waals surface area contributed by atoms with Gasteiger partial charge in [0.05, 0.1) is 18.9 Å². The number of hydrogen-bond acceptors (Lipinski definition) is 4. The quantitative estimate of drug-likeness (QED) is 0.670. The van der Waals surface area contributed by atoms with Crippen molar-refractivity contribution in [2.24, 2.45) is 29.1 Å². The molecule has 128 valence electrons. The molecular formula is C19H18N2O4. The number of methoxy groups -OCH3 is 1. The summed E-state index contributed by atoms with van der Waals surface area (Å²) in [6.45, 7) is 0. The second kappa shape index (κ2) is 4.71. The van der Waals surface area contributed by atoms with E-state index < -0.39 is 5.91 Å². The van der Waals surface area contributed by atoms with Crippen molar-refractivity contribution in [2.75, 3.05) is 7.11 Å². The summed E-state index contributed by atoms with van der Waals surface area (Å²) in [5, 5.41) is 0.949. The number of carbonyl (C=O) groups is 3. The van der Waals surface area contributed by atoms with Gasteiger partial charge < -0.3 is 4.74 Å². The fraction of sp³-hybridized carbons (Fsp3) is 0.421. The molecule has 1 aromatic rings. The van der Waals surface area contributed by atoms with Crippen LogP contribution in [0.4, 0.5) is 0 Å². The molecule has 1 spiro atoms. The number of allylic oxidation sites excluding steroid dienone is 2. The zero-order chi connectivity index (χ0) is 17.3. The Hall–Kier alpha value is -2.63. The summed E-state index contributed by atoms with van der Waals surface area (Å²) in [4.78, 5) is 38.0. The topological polar surface area (TPSA) is 75.7 Å². The van der Waals surface area contributed by atoms with E-state index in [1.54, 1.807) is 31.4 Å². The summed E-state index contributed by atoms with van der Waals surface area (Å²) >= 11 is 0.